The Bertz CT molecular complexity index is 498. The van der Waals surface area contributed by atoms with E-state index >= 15 is 0 Å². The summed E-state index contributed by atoms with van der Waals surface area (Å²) in [6.07, 6.45) is 6.92. The van der Waals surface area contributed by atoms with E-state index in [0.717, 1.165) is 30.6 Å². The summed E-state index contributed by atoms with van der Waals surface area (Å²) in [6.45, 7) is 3.08. The molecule has 0 spiro atoms. The second-order valence-electron chi connectivity index (χ2n) is 6.64. The van der Waals surface area contributed by atoms with Gasteiger partial charge >= 0.3 is 0 Å². The molecule has 0 radical (unpaired) electrons. The fraction of sp³-hybridized carbons (Fsp3) is 0.588. The van der Waals surface area contributed by atoms with E-state index in [4.69, 9.17) is 5.73 Å². The summed E-state index contributed by atoms with van der Waals surface area (Å²) in [4.78, 5) is 12.5. The first-order chi connectivity index (χ1) is 9.60. The SMILES string of the molecule is CCCC1(CNC(=O)C2(c3ccc(N)cc3)CC2)CC1. The average Bonchev–Trinajstić information content (AvgIpc) is 3.33. The molecule has 0 bridgehead atoms. The van der Waals surface area contributed by atoms with Crippen LogP contribution in [0.4, 0.5) is 5.69 Å². The molecule has 3 N–H and O–H groups in total. The molecule has 2 saturated carbocycles. The molecule has 2 aliphatic carbocycles. The number of nitrogen functional groups attached to an aromatic ring is 1. The summed E-state index contributed by atoms with van der Waals surface area (Å²) in [6, 6.07) is 7.78. The molecule has 0 heterocycles. The van der Waals surface area contributed by atoms with Crippen molar-refractivity contribution in [2.24, 2.45) is 5.41 Å². The van der Waals surface area contributed by atoms with Gasteiger partial charge in [-0.3, -0.25) is 4.79 Å². The zero-order chi connectivity index (χ0) is 14.2. The van der Waals surface area contributed by atoms with E-state index in [1.165, 1.54) is 25.7 Å². The van der Waals surface area contributed by atoms with Crippen LogP contribution in [-0.2, 0) is 10.2 Å². The molecular formula is C17H24N2O. The number of hydrogen-bond acceptors (Lipinski definition) is 2. The molecule has 1 aromatic carbocycles. The Morgan fingerprint density at radius 1 is 1.20 bits per heavy atom. The molecule has 108 valence electrons. The molecule has 0 aliphatic heterocycles. The number of carbonyl (C=O) groups is 1. The van der Waals surface area contributed by atoms with Crippen LogP contribution in [-0.4, -0.2) is 12.5 Å². The standard InChI is InChI=1S/C17H24N2O/c1-2-7-16(8-9-16)12-19-15(20)17(10-11-17)13-3-5-14(18)6-4-13/h3-6H,2,7-12,18H2,1H3,(H,19,20). The van der Waals surface area contributed by atoms with Crippen LogP contribution in [0.2, 0.25) is 0 Å². The first kappa shape index (κ1) is 13.5. The van der Waals surface area contributed by atoms with Crippen molar-refractivity contribution in [3.05, 3.63) is 29.8 Å². The molecule has 2 aliphatic rings. The Hall–Kier alpha value is -1.51. The van der Waals surface area contributed by atoms with Crippen LogP contribution in [0.1, 0.15) is 51.0 Å². The normalized spacial score (nSPS) is 21.2. The highest BCUT2D eigenvalue weighted by atomic mass is 16.2. The third-order valence-electron chi connectivity index (χ3n) is 5.01. The van der Waals surface area contributed by atoms with Gasteiger partial charge in [0.15, 0.2) is 0 Å². The largest absolute Gasteiger partial charge is 0.399 e. The van der Waals surface area contributed by atoms with Gasteiger partial charge in [0, 0.05) is 12.2 Å². The summed E-state index contributed by atoms with van der Waals surface area (Å²) >= 11 is 0. The van der Waals surface area contributed by atoms with Gasteiger partial charge in [-0.2, -0.15) is 0 Å². The van der Waals surface area contributed by atoms with Gasteiger partial charge < -0.3 is 11.1 Å². The molecule has 1 aromatic rings. The predicted octanol–water partition coefficient (Wildman–Crippen LogP) is 3.00. The lowest BCUT2D eigenvalue weighted by Gasteiger charge is -2.20. The van der Waals surface area contributed by atoms with Crippen molar-refractivity contribution in [1.29, 1.82) is 0 Å². The van der Waals surface area contributed by atoms with Gasteiger partial charge in [-0.05, 0) is 55.2 Å². The number of rotatable bonds is 6. The highest BCUT2D eigenvalue weighted by Crippen LogP contribution is 2.51. The summed E-state index contributed by atoms with van der Waals surface area (Å²) < 4.78 is 0. The maximum atomic E-state index is 12.5. The third kappa shape index (κ3) is 2.41. The lowest BCUT2D eigenvalue weighted by Crippen LogP contribution is -2.38. The van der Waals surface area contributed by atoms with E-state index in [-0.39, 0.29) is 11.3 Å². The molecular weight excluding hydrogens is 248 g/mol. The first-order valence-corrected chi connectivity index (χ1v) is 7.75. The van der Waals surface area contributed by atoms with Crippen molar-refractivity contribution in [3.63, 3.8) is 0 Å². The Balaban J connectivity index is 1.63. The van der Waals surface area contributed by atoms with Gasteiger partial charge in [0.1, 0.15) is 0 Å². The van der Waals surface area contributed by atoms with Crippen LogP contribution < -0.4 is 11.1 Å². The van der Waals surface area contributed by atoms with Gasteiger partial charge in [0.05, 0.1) is 5.41 Å². The van der Waals surface area contributed by atoms with Crippen molar-refractivity contribution >= 4 is 11.6 Å². The van der Waals surface area contributed by atoms with E-state index in [2.05, 4.69) is 12.2 Å². The number of nitrogens with one attached hydrogen (secondary N) is 1. The maximum absolute atomic E-state index is 12.5. The zero-order valence-corrected chi connectivity index (χ0v) is 12.2. The Morgan fingerprint density at radius 2 is 1.85 bits per heavy atom. The smallest absolute Gasteiger partial charge is 0.230 e. The second-order valence-corrected chi connectivity index (χ2v) is 6.64. The van der Waals surface area contributed by atoms with Crippen molar-refractivity contribution in [1.82, 2.24) is 5.32 Å². The van der Waals surface area contributed by atoms with Crippen LogP contribution in [0.25, 0.3) is 0 Å². The summed E-state index contributed by atoms with van der Waals surface area (Å²) in [7, 11) is 0. The predicted molar refractivity (Wildman–Crippen MR) is 81.4 cm³/mol. The maximum Gasteiger partial charge on any atom is 0.230 e. The lowest BCUT2D eigenvalue weighted by molar-refractivity contribution is -0.123. The summed E-state index contributed by atoms with van der Waals surface area (Å²) in [5.41, 5.74) is 7.74. The summed E-state index contributed by atoms with van der Waals surface area (Å²) in [5.74, 6) is 0.213. The number of hydrogen-bond donors (Lipinski definition) is 2. The van der Waals surface area contributed by atoms with Crippen molar-refractivity contribution in [3.8, 4) is 0 Å². The molecule has 3 rings (SSSR count). The Morgan fingerprint density at radius 3 is 2.35 bits per heavy atom. The molecule has 0 aromatic heterocycles. The zero-order valence-electron chi connectivity index (χ0n) is 12.2. The van der Waals surface area contributed by atoms with Crippen LogP contribution in [0, 0.1) is 5.41 Å². The van der Waals surface area contributed by atoms with Gasteiger partial charge in [-0.25, -0.2) is 0 Å². The van der Waals surface area contributed by atoms with Gasteiger partial charge in [-0.1, -0.05) is 25.5 Å². The average molecular weight is 272 g/mol. The van der Waals surface area contributed by atoms with Crippen molar-refractivity contribution < 1.29 is 4.79 Å². The van der Waals surface area contributed by atoms with Crippen molar-refractivity contribution in [2.45, 2.75) is 50.9 Å². The van der Waals surface area contributed by atoms with Crippen molar-refractivity contribution in [2.75, 3.05) is 12.3 Å². The fourth-order valence-corrected chi connectivity index (χ4v) is 3.23. The number of carbonyl (C=O) groups excluding carboxylic acids is 1. The molecule has 0 atom stereocenters. The topological polar surface area (TPSA) is 55.1 Å². The highest BCUT2D eigenvalue weighted by Gasteiger charge is 2.52. The summed E-state index contributed by atoms with van der Waals surface area (Å²) in [5, 5.41) is 3.22. The van der Waals surface area contributed by atoms with E-state index in [1.807, 2.05) is 24.3 Å². The molecule has 0 saturated heterocycles. The minimum Gasteiger partial charge on any atom is -0.399 e. The van der Waals surface area contributed by atoms with E-state index in [0.29, 0.717) is 5.41 Å². The number of anilines is 1. The van der Waals surface area contributed by atoms with Gasteiger partial charge in [-0.15, -0.1) is 0 Å². The van der Waals surface area contributed by atoms with Crippen LogP contribution in [0.5, 0.6) is 0 Å². The van der Waals surface area contributed by atoms with Gasteiger partial charge in [0.2, 0.25) is 5.91 Å². The lowest BCUT2D eigenvalue weighted by atomic mass is 9.94. The molecule has 3 heteroatoms. The highest BCUT2D eigenvalue weighted by molar-refractivity contribution is 5.91. The van der Waals surface area contributed by atoms with Crippen LogP contribution in [0.15, 0.2) is 24.3 Å². The van der Waals surface area contributed by atoms with E-state index < -0.39 is 0 Å². The quantitative estimate of drug-likeness (QED) is 0.782. The van der Waals surface area contributed by atoms with E-state index in [9.17, 15) is 4.79 Å². The number of amides is 1. The van der Waals surface area contributed by atoms with Gasteiger partial charge in [0.25, 0.3) is 0 Å². The van der Waals surface area contributed by atoms with Crippen LogP contribution in [0.3, 0.4) is 0 Å². The monoisotopic (exact) mass is 272 g/mol. The first-order valence-electron chi connectivity index (χ1n) is 7.75. The minimum atomic E-state index is -0.268. The molecule has 0 unspecified atom stereocenters. The van der Waals surface area contributed by atoms with Crippen LogP contribution >= 0.6 is 0 Å². The molecule has 20 heavy (non-hydrogen) atoms. The molecule has 2 fully saturated rings. The fourth-order valence-electron chi connectivity index (χ4n) is 3.23. The van der Waals surface area contributed by atoms with E-state index in [1.54, 1.807) is 0 Å². The number of nitrogens with two attached hydrogens (primary N) is 1. The molecule has 3 nitrogen and oxygen atoms in total. The second kappa shape index (κ2) is 4.80. The third-order valence-corrected chi connectivity index (χ3v) is 5.01. The Labute approximate surface area is 120 Å². The number of benzene rings is 1. The minimum absolute atomic E-state index is 0.213. The Kier molecular flexibility index (Phi) is 3.23. The molecule has 1 amide bonds.